The van der Waals surface area contributed by atoms with E-state index < -0.39 is 0 Å². The minimum absolute atomic E-state index is 0.00793. The SMILES string of the molecule is CCOC(=O)C1C[C@]2(C)C3Cc4c(OC)cccc4[C@]2(C)CC1N3C. The van der Waals surface area contributed by atoms with Crippen LogP contribution in [0.15, 0.2) is 18.2 Å². The summed E-state index contributed by atoms with van der Waals surface area (Å²) in [6.45, 7) is 7.14. The van der Waals surface area contributed by atoms with Crippen molar-refractivity contribution in [3.8, 4) is 5.75 Å². The molecule has 25 heavy (non-hydrogen) atoms. The normalized spacial score (nSPS) is 39.0. The molecule has 2 aliphatic carbocycles. The number of benzene rings is 1. The molecule has 4 aliphatic rings. The Balaban J connectivity index is 1.82. The molecule has 0 spiro atoms. The molecular formula is C21H29NO3. The zero-order chi connectivity index (χ0) is 18.0. The van der Waals surface area contributed by atoms with Gasteiger partial charge in [0.05, 0.1) is 19.6 Å². The summed E-state index contributed by atoms with van der Waals surface area (Å²) < 4.78 is 11.1. The third-order valence-electron chi connectivity index (χ3n) is 7.67. The van der Waals surface area contributed by atoms with Crippen molar-refractivity contribution in [2.75, 3.05) is 20.8 Å². The number of hydrogen-bond donors (Lipinski definition) is 0. The zero-order valence-corrected chi connectivity index (χ0v) is 16.0. The first-order valence-electron chi connectivity index (χ1n) is 9.42. The van der Waals surface area contributed by atoms with E-state index in [1.54, 1.807) is 7.11 Å². The average Bonchev–Trinajstić information content (AvgIpc) is 2.59. The summed E-state index contributed by atoms with van der Waals surface area (Å²) in [5.74, 6) is 0.981. The predicted molar refractivity (Wildman–Crippen MR) is 96.9 cm³/mol. The van der Waals surface area contributed by atoms with Crippen LogP contribution in [0.2, 0.25) is 0 Å². The first-order chi connectivity index (χ1) is 11.9. The quantitative estimate of drug-likeness (QED) is 0.790. The van der Waals surface area contributed by atoms with E-state index >= 15 is 0 Å². The predicted octanol–water partition coefficient (Wildman–Crippen LogP) is 3.17. The second kappa shape index (κ2) is 5.47. The highest BCUT2D eigenvalue weighted by Gasteiger charge is 2.66. The average molecular weight is 343 g/mol. The highest BCUT2D eigenvalue weighted by molar-refractivity contribution is 5.74. The van der Waals surface area contributed by atoms with E-state index in [0.29, 0.717) is 12.6 Å². The van der Waals surface area contributed by atoms with Crippen molar-refractivity contribution < 1.29 is 14.3 Å². The summed E-state index contributed by atoms with van der Waals surface area (Å²) in [5, 5.41) is 0. The van der Waals surface area contributed by atoms with Gasteiger partial charge in [-0.2, -0.15) is 0 Å². The van der Waals surface area contributed by atoms with Crippen molar-refractivity contribution in [2.45, 2.75) is 57.5 Å². The fraction of sp³-hybridized carbons (Fsp3) is 0.667. The van der Waals surface area contributed by atoms with Gasteiger partial charge in [0, 0.05) is 17.5 Å². The molecule has 2 aliphatic heterocycles. The van der Waals surface area contributed by atoms with Crippen molar-refractivity contribution >= 4 is 5.97 Å². The smallest absolute Gasteiger partial charge is 0.310 e. The molecule has 0 aromatic heterocycles. The van der Waals surface area contributed by atoms with E-state index in [2.05, 4.69) is 44.0 Å². The number of carbonyl (C=O) groups excluding carboxylic acids is 1. The number of nitrogens with zero attached hydrogens (tertiary/aromatic N) is 1. The molecule has 2 saturated heterocycles. The Morgan fingerprint density at radius 1 is 1.32 bits per heavy atom. The number of hydrogen-bond acceptors (Lipinski definition) is 4. The van der Waals surface area contributed by atoms with Gasteiger partial charge < -0.3 is 9.47 Å². The van der Waals surface area contributed by atoms with E-state index in [0.717, 1.165) is 25.0 Å². The van der Waals surface area contributed by atoms with Crippen LogP contribution in [0.5, 0.6) is 5.75 Å². The molecule has 1 aromatic rings. The van der Waals surface area contributed by atoms with Crippen LogP contribution in [0.4, 0.5) is 0 Å². The van der Waals surface area contributed by atoms with Gasteiger partial charge in [-0.3, -0.25) is 9.69 Å². The minimum Gasteiger partial charge on any atom is -0.496 e. The molecule has 5 atom stereocenters. The Hall–Kier alpha value is -1.55. The molecule has 0 N–H and O–H groups in total. The third-order valence-corrected chi connectivity index (χ3v) is 7.67. The van der Waals surface area contributed by atoms with E-state index in [-0.39, 0.29) is 28.8 Å². The van der Waals surface area contributed by atoms with Gasteiger partial charge in [0.1, 0.15) is 5.75 Å². The molecule has 4 heteroatoms. The maximum absolute atomic E-state index is 12.6. The Kier molecular flexibility index (Phi) is 3.70. The summed E-state index contributed by atoms with van der Waals surface area (Å²) in [7, 11) is 3.95. The van der Waals surface area contributed by atoms with E-state index in [4.69, 9.17) is 9.47 Å². The summed E-state index contributed by atoms with van der Waals surface area (Å²) in [4.78, 5) is 15.0. The molecule has 4 nitrogen and oxygen atoms in total. The van der Waals surface area contributed by atoms with Gasteiger partial charge in [0.15, 0.2) is 0 Å². The highest BCUT2D eigenvalue weighted by atomic mass is 16.5. The van der Waals surface area contributed by atoms with Gasteiger partial charge in [0.2, 0.25) is 0 Å². The van der Waals surface area contributed by atoms with E-state index in [1.807, 2.05) is 6.92 Å². The first-order valence-corrected chi connectivity index (χ1v) is 9.42. The largest absolute Gasteiger partial charge is 0.496 e. The molecular weight excluding hydrogens is 314 g/mol. The van der Waals surface area contributed by atoms with Crippen molar-refractivity contribution in [3.63, 3.8) is 0 Å². The van der Waals surface area contributed by atoms with Crippen LogP contribution < -0.4 is 4.74 Å². The highest BCUT2D eigenvalue weighted by Crippen LogP contribution is 2.65. The molecule has 5 rings (SSSR count). The summed E-state index contributed by atoms with van der Waals surface area (Å²) in [5.41, 5.74) is 2.91. The lowest BCUT2D eigenvalue weighted by atomic mass is 9.42. The Morgan fingerprint density at radius 3 is 2.76 bits per heavy atom. The molecule has 0 radical (unpaired) electrons. The van der Waals surface area contributed by atoms with Crippen LogP contribution in [0.1, 0.15) is 44.7 Å². The molecule has 3 fully saturated rings. The maximum atomic E-state index is 12.6. The standard InChI is InChI=1S/C21H29NO3/c1-6-25-19(23)14-11-21(3)18-10-13-15(8-7-9-17(13)24-5)20(21,2)12-16(14)22(18)4/h7-9,14,16,18H,6,10-12H2,1-5H3/t14?,16?,18?,20-,21+/m0/s1. The molecule has 0 amide bonds. The summed E-state index contributed by atoms with van der Waals surface area (Å²) in [6, 6.07) is 7.16. The number of methoxy groups -OCH3 is 1. The Morgan fingerprint density at radius 2 is 2.08 bits per heavy atom. The summed E-state index contributed by atoms with van der Waals surface area (Å²) in [6.07, 6.45) is 2.91. The van der Waals surface area contributed by atoms with Crippen molar-refractivity contribution in [1.82, 2.24) is 4.90 Å². The zero-order valence-electron chi connectivity index (χ0n) is 16.0. The molecule has 3 unspecified atom stereocenters. The van der Waals surface area contributed by atoms with Crippen LogP contribution in [0.3, 0.4) is 0 Å². The number of piperidine rings is 2. The molecule has 2 heterocycles. The Labute approximate surface area is 150 Å². The van der Waals surface area contributed by atoms with Crippen LogP contribution in [0.25, 0.3) is 0 Å². The van der Waals surface area contributed by atoms with Crippen LogP contribution >= 0.6 is 0 Å². The number of rotatable bonds is 3. The van der Waals surface area contributed by atoms with Gasteiger partial charge in [-0.15, -0.1) is 0 Å². The lowest BCUT2D eigenvalue weighted by Crippen LogP contribution is -2.73. The number of esters is 1. The fourth-order valence-corrected chi connectivity index (χ4v) is 6.18. The van der Waals surface area contributed by atoms with Gasteiger partial charge in [0.25, 0.3) is 0 Å². The Bertz CT molecular complexity index is 717. The summed E-state index contributed by atoms with van der Waals surface area (Å²) >= 11 is 0. The maximum Gasteiger partial charge on any atom is 0.310 e. The molecule has 136 valence electrons. The van der Waals surface area contributed by atoms with Gasteiger partial charge in [-0.25, -0.2) is 0 Å². The monoisotopic (exact) mass is 343 g/mol. The van der Waals surface area contributed by atoms with Crippen LogP contribution in [-0.2, 0) is 21.4 Å². The number of carbonyl (C=O) groups is 1. The van der Waals surface area contributed by atoms with Gasteiger partial charge >= 0.3 is 5.97 Å². The number of fused-ring (bicyclic) bond motifs is 2. The third kappa shape index (κ3) is 2.00. The van der Waals surface area contributed by atoms with Gasteiger partial charge in [-0.05, 0) is 55.8 Å². The van der Waals surface area contributed by atoms with Crippen LogP contribution in [-0.4, -0.2) is 43.7 Å². The molecule has 4 bridgehead atoms. The van der Waals surface area contributed by atoms with Crippen LogP contribution in [0, 0.1) is 11.3 Å². The minimum atomic E-state index is -0.0162. The topological polar surface area (TPSA) is 38.8 Å². The number of likely N-dealkylation sites (N-methyl/N-ethyl adjacent to an activating group) is 1. The van der Waals surface area contributed by atoms with Crippen molar-refractivity contribution in [1.29, 1.82) is 0 Å². The number of ether oxygens (including phenoxy) is 2. The van der Waals surface area contributed by atoms with E-state index in [1.165, 1.54) is 11.1 Å². The van der Waals surface area contributed by atoms with Crippen molar-refractivity contribution in [2.24, 2.45) is 11.3 Å². The second-order valence-corrected chi connectivity index (χ2v) is 8.46. The lowest BCUT2D eigenvalue weighted by Gasteiger charge is -2.69. The van der Waals surface area contributed by atoms with Crippen molar-refractivity contribution in [3.05, 3.63) is 29.3 Å². The lowest BCUT2D eigenvalue weighted by molar-refractivity contribution is -0.180. The van der Waals surface area contributed by atoms with Gasteiger partial charge in [-0.1, -0.05) is 26.0 Å². The fourth-order valence-electron chi connectivity index (χ4n) is 6.18. The molecule has 1 aromatic carbocycles. The molecule has 1 saturated carbocycles. The first kappa shape index (κ1) is 16.9. The second-order valence-electron chi connectivity index (χ2n) is 8.46. The van der Waals surface area contributed by atoms with E-state index in [9.17, 15) is 4.79 Å².